The Morgan fingerprint density at radius 1 is 1.25 bits per heavy atom. The molecule has 0 spiro atoms. The molecule has 0 saturated heterocycles. The van der Waals surface area contributed by atoms with E-state index in [0.717, 1.165) is 31.6 Å². The molecule has 0 amide bonds. The number of hydrogen-bond acceptors (Lipinski definition) is 4. The summed E-state index contributed by atoms with van der Waals surface area (Å²) in [6.07, 6.45) is 3.47. The van der Waals surface area contributed by atoms with E-state index in [-0.39, 0.29) is 5.57 Å². The molecule has 1 rings (SSSR count). The van der Waals surface area contributed by atoms with Crippen molar-refractivity contribution in [1.29, 1.82) is 5.26 Å². The number of nitriles is 1. The van der Waals surface area contributed by atoms with Crippen LogP contribution in [0.4, 0.5) is 5.69 Å². The molecular weight excluding hydrogens is 252 g/mol. The number of aliphatic carboxylic acids is 1. The Kier molecular flexibility index (Phi) is 6.31. The minimum atomic E-state index is -1.45. The van der Waals surface area contributed by atoms with Crippen LogP contribution in [0.5, 0.6) is 0 Å². The molecule has 4 nitrogen and oxygen atoms in total. The first kappa shape index (κ1) is 15.8. The van der Waals surface area contributed by atoms with Gasteiger partial charge in [-0.05, 0) is 36.6 Å². The van der Waals surface area contributed by atoms with Gasteiger partial charge in [0.1, 0.15) is 6.07 Å². The summed E-state index contributed by atoms with van der Waals surface area (Å²) in [6.45, 7) is 6.26. The van der Waals surface area contributed by atoms with Crippen molar-refractivity contribution in [2.24, 2.45) is 0 Å². The SMILES string of the molecule is CCCN(CCC)c1ccc(/C=C(\C#N)C(=O)[O-])cc1. The lowest BCUT2D eigenvalue weighted by molar-refractivity contribution is -0.298. The molecule has 0 heterocycles. The summed E-state index contributed by atoms with van der Waals surface area (Å²) in [5, 5.41) is 19.4. The van der Waals surface area contributed by atoms with Crippen LogP contribution in [0.1, 0.15) is 32.3 Å². The maximum absolute atomic E-state index is 10.7. The van der Waals surface area contributed by atoms with E-state index in [9.17, 15) is 9.90 Å². The van der Waals surface area contributed by atoms with Crippen LogP contribution in [-0.2, 0) is 4.79 Å². The zero-order valence-corrected chi connectivity index (χ0v) is 11.9. The smallest absolute Gasteiger partial charge is 0.101 e. The van der Waals surface area contributed by atoms with Crippen molar-refractivity contribution < 1.29 is 9.90 Å². The van der Waals surface area contributed by atoms with Gasteiger partial charge in [0.25, 0.3) is 0 Å². The van der Waals surface area contributed by atoms with Crippen molar-refractivity contribution in [3.8, 4) is 6.07 Å². The molecule has 0 aliphatic rings. The van der Waals surface area contributed by atoms with Gasteiger partial charge in [-0.2, -0.15) is 5.26 Å². The van der Waals surface area contributed by atoms with Crippen LogP contribution in [0.25, 0.3) is 6.08 Å². The Hall–Kier alpha value is -2.28. The van der Waals surface area contributed by atoms with Crippen molar-refractivity contribution in [2.45, 2.75) is 26.7 Å². The monoisotopic (exact) mass is 271 g/mol. The quantitative estimate of drug-likeness (QED) is 0.561. The topological polar surface area (TPSA) is 67.2 Å². The molecular formula is C16H19N2O2-. The molecule has 0 aliphatic carbocycles. The molecule has 20 heavy (non-hydrogen) atoms. The van der Waals surface area contributed by atoms with Crippen LogP contribution in [0, 0.1) is 11.3 Å². The summed E-state index contributed by atoms with van der Waals surface area (Å²) in [6, 6.07) is 9.14. The summed E-state index contributed by atoms with van der Waals surface area (Å²) in [4.78, 5) is 13.0. The molecule has 0 atom stereocenters. The van der Waals surface area contributed by atoms with Crippen LogP contribution in [0.3, 0.4) is 0 Å². The largest absolute Gasteiger partial charge is 0.544 e. The van der Waals surface area contributed by atoms with Crippen molar-refractivity contribution >= 4 is 17.7 Å². The highest BCUT2D eigenvalue weighted by atomic mass is 16.4. The van der Waals surface area contributed by atoms with E-state index < -0.39 is 5.97 Å². The van der Waals surface area contributed by atoms with Crippen molar-refractivity contribution in [2.75, 3.05) is 18.0 Å². The van der Waals surface area contributed by atoms with Gasteiger partial charge in [0, 0.05) is 18.8 Å². The molecule has 106 valence electrons. The molecule has 4 heteroatoms. The second-order valence-electron chi connectivity index (χ2n) is 4.54. The summed E-state index contributed by atoms with van der Waals surface area (Å²) in [5.74, 6) is -1.45. The maximum Gasteiger partial charge on any atom is 0.101 e. The van der Waals surface area contributed by atoms with Gasteiger partial charge in [-0.1, -0.05) is 26.0 Å². The highest BCUT2D eigenvalue weighted by Gasteiger charge is 2.04. The van der Waals surface area contributed by atoms with E-state index in [1.54, 1.807) is 6.07 Å². The van der Waals surface area contributed by atoms with Crippen LogP contribution >= 0.6 is 0 Å². The summed E-state index contributed by atoms with van der Waals surface area (Å²) < 4.78 is 0. The van der Waals surface area contributed by atoms with Crippen molar-refractivity contribution in [3.63, 3.8) is 0 Å². The zero-order chi connectivity index (χ0) is 15.0. The van der Waals surface area contributed by atoms with E-state index in [1.807, 2.05) is 24.3 Å². The lowest BCUT2D eigenvalue weighted by Gasteiger charge is -2.23. The molecule has 0 N–H and O–H groups in total. The molecule has 0 fully saturated rings. The number of nitrogens with zero attached hydrogens (tertiary/aromatic N) is 2. The van der Waals surface area contributed by atoms with E-state index in [4.69, 9.17) is 5.26 Å². The fraction of sp³-hybridized carbons (Fsp3) is 0.375. The maximum atomic E-state index is 10.7. The van der Waals surface area contributed by atoms with E-state index in [2.05, 4.69) is 18.7 Å². The molecule has 0 unspecified atom stereocenters. The summed E-state index contributed by atoms with van der Waals surface area (Å²) >= 11 is 0. The van der Waals surface area contributed by atoms with Gasteiger partial charge >= 0.3 is 0 Å². The number of carbonyl (C=O) groups excluding carboxylic acids is 1. The second-order valence-corrected chi connectivity index (χ2v) is 4.54. The third-order valence-electron chi connectivity index (χ3n) is 2.90. The fourth-order valence-corrected chi connectivity index (χ4v) is 1.99. The number of carbonyl (C=O) groups is 1. The Balaban J connectivity index is 2.93. The fourth-order valence-electron chi connectivity index (χ4n) is 1.99. The third-order valence-corrected chi connectivity index (χ3v) is 2.90. The van der Waals surface area contributed by atoms with Gasteiger partial charge < -0.3 is 14.8 Å². The van der Waals surface area contributed by atoms with E-state index in [1.165, 1.54) is 6.08 Å². The summed E-state index contributed by atoms with van der Waals surface area (Å²) in [7, 11) is 0. The molecule has 0 saturated carbocycles. The Labute approximate surface area is 119 Å². The first-order valence-corrected chi connectivity index (χ1v) is 6.80. The highest BCUT2D eigenvalue weighted by molar-refractivity contribution is 5.95. The average molecular weight is 271 g/mol. The van der Waals surface area contributed by atoms with Gasteiger partial charge in [0.15, 0.2) is 0 Å². The minimum absolute atomic E-state index is 0.364. The second kappa shape index (κ2) is 8.00. The Bertz CT molecular complexity index is 506. The van der Waals surface area contributed by atoms with Gasteiger partial charge in [-0.25, -0.2) is 0 Å². The number of hydrogen-bond donors (Lipinski definition) is 0. The minimum Gasteiger partial charge on any atom is -0.544 e. The Morgan fingerprint density at radius 2 is 1.80 bits per heavy atom. The highest BCUT2D eigenvalue weighted by Crippen LogP contribution is 2.17. The van der Waals surface area contributed by atoms with Crippen molar-refractivity contribution in [1.82, 2.24) is 0 Å². The normalized spacial score (nSPS) is 10.9. The predicted molar refractivity (Wildman–Crippen MR) is 77.8 cm³/mol. The number of rotatable bonds is 7. The number of carboxylic acids is 1. The number of anilines is 1. The number of benzene rings is 1. The van der Waals surface area contributed by atoms with E-state index >= 15 is 0 Å². The molecule has 0 aromatic heterocycles. The van der Waals surface area contributed by atoms with Gasteiger partial charge in [-0.3, -0.25) is 0 Å². The van der Waals surface area contributed by atoms with E-state index in [0.29, 0.717) is 5.56 Å². The molecule has 1 aromatic carbocycles. The summed E-state index contributed by atoms with van der Waals surface area (Å²) in [5.41, 5.74) is 1.43. The lowest BCUT2D eigenvalue weighted by atomic mass is 10.1. The van der Waals surface area contributed by atoms with Gasteiger partial charge in [-0.15, -0.1) is 0 Å². The Morgan fingerprint density at radius 3 is 2.20 bits per heavy atom. The first-order valence-electron chi connectivity index (χ1n) is 6.80. The zero-order valence-electron chi connectivity index (χ0n) is 11.9. The van der Waals surface area contributed by atoms with Gasteiger partial charge in [0.2, 0.25) is 0 Å². The molecule has 1 aromatic rings. The van der Waals surface area contributed by atoms with Gasteiger partial charge in [0.05, 0.1) is 11.5 Å². The lowest BCUT2D eigenvalue weighted by Crippen LogP contribution is -2.24. The molecule has 0 radical (unpaired) electrons. The van der Waals surface area contributed by atoms with Crippen molar-refractivity contribution in [3.05, 3.63) is 35.4 Å². The third kappa shape index (κ3) is 4.43. The van der Waals surface area contributed by atoms with Crippen LogP contribution in [0.2, 0.25) is 0 Å². The van der Waals surface area contributed by atoms with Crippen LogP contribution in [0.15, 0.2) is 29.8 Å². The molecule has 0 bridgehead atoms. The molecule has 0 aliphatic heterocycles. The van der Waals surface area contributed by atoms with Crippen LogP contribution in [-0.4, -0.2) is 19.1 Å². The predicted octanol–water partition coefficient (Wildman–Crippen LogP) is 1.97. The van der Waals surface area contributed by atoms with Crippen LogP contribution < -0.4 is 10.0 Å². The number of carboxylic acid groups (broad SMARTS) is 1. The standard InChI is InChI=1S/C16H20N2O2/c1-3-9-18(10-4-2)15-7-5-13(6-8-15)11-14(12-17)16(19)20/h5-8,11H,3-4,9-10H2,1-2H3,(H,19,20)/p-1/b14-11+. The average Bonchev–Trinajstić information content (AvgIpc) is 2.45. The first-order chi connectivity index (χ1) is 9.62.